The monoisotopic (exact) mass is 493 g/mol. The molecule has 26 heavy (non-hydrogen) atoms. The van der Waals surface area contributed by atoms with Gasteiger partial charge in [-0.3, -0.25) is 0 Å². The van der Waals surface area contributed by atoms with Gasteiger partial charge >= 0.3 is 0 Å². The van der Waals surface area contributed by atoms with Gasteiger partial charge in [0.15, 0.2) is 5.96 Å². The number of nitrogens with zero attached hydrogens (tertiary/aromatic N) is 3. The zero-order valence-electron chi connectivity index (χ0n) is 16.8. The summed E-state index contributed by atoms with van der Waals surface area (Å²) in [5, 5.41) is 7.87. The average molecular weight is 494 g/mol. The van der Waals surface area contributed by atoms with Gasteiger partial charge in [-0.25, -0.2) is 9.98 Å². The number of hydrogen-bond acceptors (Lipinski definition) is 4. The fourth-order valence-corrected chi connectivity index (χ4v) is 4.19. The SMILES string of the molecule is CCNC(=NCc1nc(C)c(C)s1)NCCCN(C)C1CCCCC1.I. The number of aliphatic imine (C=N–C) groups is 1. The molecule has 1 aromatic heterocycles. The van der Waals surface area contributed by atoms with Crippen molar-refractivity contribution in [1.82, 2.24) is 20.5 Å². The van der Waals surface area contributed by atoms with Gasteiger partial charge in [0, 0.05) is 24.0 Å². The van der Waals surface area contributed by atoms with E-state index < -0.39 is 0 Å². The molecule has 2 N–H and O–H groups in total. The molecule has 1 saturated carbocycles. The van der Waals surface area contributed by atoms with Gasteiger partial charge in [0.1, 0.15) is 5.01 Å². The summed E-state index contributed by atoms with van der Waals surface area (Å²) in [6, 6.07) is 0.798. The minimum atomic E-state index is 0. The van der Waals surface area contributed by atoms with Crippen molar-refractivity contribution in [3.8, 4) is 0 Å². The summed E-state index contributed by atoms with van der Waals surface area (Å²) in [6.45, 7) is 9.92. The summed E-state index contributed by atoms with van der Waals surface area (Å²) < 4.78 is 0. The second kappa shape index (κ2) is 12.9. The molecule has 1 aliphatic carbocycles. The van der Waals surface area contributed by atoms with E-state index >= 15 is 0 Å². The molecule has 1 fully saturated rings. The van der Waals surface area contributed by atoms with Crippen molar-refractivity contribution in [2.24, 2.45) is 4.99 Å². The number of aromatic nitrogens is 1. The Morgan fingerprint density at radius 1 is 1.23 bits per heavy atom. The topological polar surface area (TPSA) is 52.6 Å². The summed E-state index contributed by atoms with van der Waals surface area (Å²) in [5.41, 5.74) is 1.12. The highest BCUT2D eigenvalue weighted by Crippen LogP contribution is 2.21. The second-order valence-electron chi connectivity index (χ2n) is 7.00. The van der Waals surface area contributed by atoms with Crippen LogP contribution in [-0.4, -0.2) is 48.6 Å². The molecule has 5 nitrogen and oxygen atoms in total. The molecule has 2 rings (SSSR count). The molecular formula is C19H36IN5S. The van der Waals surface area contributed by atoms with E-state index in [9.17, 15) is 0 Å². The lowest BCUT2D eigenvalue weighted by Crippen LogP contribution is -2.39. The molecular weight excluding hydrogens is 457 g/mol. The Balaban J connectivity index is 0.00000338. The van der Waals surface area contributed by atoms with E-state index in [1.807, 2.05) is 0 Å². The van der Waals surface area contributed by atoms with Crippen LogP contribution in [0.3, 0.4) is 0 Å². The van der Waals surface area contributed by atoms with Crippen LogP contribution in [0.4, 0.5) is 0 Å². The summed E-state index contributed by atoms with van der Waals surface area (Å²) in [6.07, 6.45) is 8.13. The van der Waals surface area contributed by atoms with E-state index in [-0.39, 0.29) is 24.0 Å². The van der Waals surface area contributed by atoms with Crippen molar-refractivity contribution < 1.29 is 0 Å². The maximum absolute atomic E-state index is 4.67. The lowest BCUT2D eigenvalue weighted by atomic mass is 9.94. The standard InChI is InChI=1S/C19H35N5S.HI/c1-5-20-19(22-14-18-23-15(2)16(3)25-18)21-12-9-13-24(4)17-10-7-6-8-11-17;/h17H,5-14H2,1-4H3,(H2,20,21,22);1H. The summed E-state index contributed by atoms with van der Waals surface area (Å²) >= 11 is 1.74. The number of thiazole rings is 1. The lowest BCUT2D eigenvalue weighted by molar-refractivity contribution is 0.190. The van der Waals surface area contributed by atoms with Crippen LogP contribution in [0.15, 0.2) is 4.99 Å². The van der Waals surface area contributed by atoms with E-state index in [1.54, 1.807) is 11.3 Å². The Bertz CT molecular complexity index is 521. The van der Waals surface area contributed by atoms with Gasteiger partial charge in [0.2, 0.25) is 0 Å². The number of rotatable bonds is 8. The number of guanidine groups is 1. The summed E-state index contributed by atoms with van der Waals surface area (Å²) in [5.74, 6) is 0.897. The van der Waals surface area contributed by atoms with Crippen LogP contribution in [0, 0.1) is 13.8 Å². The van der Waals surface area contributed by atoms with Crippen LogP contribution in [0.25, 0.3) is 0 Å². The van der Waals surface area contributed by atoms with Gasteiger partial charge < -0.3 is 15.5 Å². The highest BCUT2D eigenvalue weighted by atomic mass is 127. The van der Waals surface area contributed by atoms with Crippen molar-refractivity contribution in [2.75, 3.05) is 26.7 Å². The van der Waals surface area contributed by atoms with Crippen molar-refractivity contribution in [3.05, 3.63) is 15.6 Å². The van der Waals surface area contributed by atoms with Gasteiger partial charge in [-0.2, -0.15) is 0 Å². The van der Waals surface area contributed by atoms with Crippen LogP contribution >= 0.6 is 35.3 Å². The molecule has 150 valence electrons. The molecule has 0 atom stereocenters. The minimum Gasteiger partial charge on any atom is -0.357 e. The number of hydrogen-bond donors (Lipinski definition) is 2. The van der Waals surface area contributed by atoms with Crippen molar-refractivity contribution >= 4 is 41.3 Å². The molecule has 0 saturated heterocycles. The quantitative estimate of drug-likeness (QED) is 0.248. The van der Waals surface area contributed by atoms with Gasteiger partial charge in [-0.05, 0) is 53.6 Å². The second-order valence-corrected chi connectivity index (χ2v) is 8.28. The number of aryl methyl sites for hydroxylation is 2. The summed E-state index contributed by atoms with van der Waals surface area (Å²) in [4.78, 5) is 13.1. The zero-order valence-corrected chi connectivity index (χ0v) is 20.0. The fraction of sp³-hybridized carbons (Fsp3) is 0.789. The van der Waals surface area contributed by atoms with Crippen molar-refractivity contribution in [3.63, 3.8) is 0 Å². The minimum absolute atomic E-state index is 0. The van der Waals surface area contributed by atoms with Gasteiger partial charge in [0.05, 0.1) is 12.2 Å². The van der Waals surface area contributed by atoms with Crippen LogP contribution in [0.1, 0.15) is 61.0 Å². The van der Waals surface area contributed by atoms with Crippen molar-refractivity contribution in [2.45, 2.75) is 71.9 Å². The van der Waals surface area contributed by atoms with Crippen molar-refractivity contribution in [1.29, 1.82) is 0 Å². The number of halogens is 1. The van der Waals surface area contributed by atoms with Crippen LogP contribution in [0.5, 0.6) is 0 Å². The van der Waals surface area contributed by atoms with E-state index in [4.69, 9.17) is 0 Å². The van der Waals surface area contributed by atoms with Gasteiger partial charge in [0.25, 0.3) is 0 Å². The molecule has 1 aromatic rings. The molecule has 0 unspecified atom stereocenters. The summed E-state index contributed by atoms with van der Waals surface area (Å²) in [7, 11) is 2.28. The first-order chi connectivity index (χ1) is 12.1. The highest BCUT2D eigenvalue weighted by molar-refractivity contribution is 14.0. The van der Waals surface area contributed by atoms with E-state index in [1.165, 1.54) is 37.0 Å². The van der Waals surface area contributed by atoms with E-state index in [0.717, 1.165) is 48.8 Å². The normalized spacial score (nSPS) is 15.8. The Morgan fingerprint density at radius 2 is 1.96 bits per heavy atom. The first-order valence-corrected chi connectivity index (χ1v) is 10.6. The van der Waals surface area contributed by atoms with Gasteiger partial charge in [-0.1, -0.05) is 19.3 Å². The zero-order chi connectivity index (χ0) is 18.1. The van der Waals surface area contributed by atoms with Crippen LogP contribution in [0.2, 0.25) is 0 Å². The van der Waals surface area contributed by atoms with Gasteiger partial charge in [-0.15, -0.1) is 35.3 Å². The maximum Gasteiger partial charge on any atom is 0.191 e. The third-order valence-electron chi connectivity index (χ3n) is 4.97. The molecule has 0 spiro atoms. The molecule has 0 bridgehead atoms. The maximum atomic E-state index is 4.67. The molecule has 7 heteroatoms. The Morgan fingerprint density at radius 3 is 2.58 bits per heavy atom. The molecule has 0 radical (unpaired) electrons. The number of nitrogens with one attached hydrogen (secondary N) is 2. The lowest BCUT2D eigenvalue weighted by Gasteiger charge is -2.31. The first-order valence-electron chi connectivity index (χ1n) is 9.75. The molecule has 1 heterocycles. The first kappa shape index (κ1) is 23.6. The fourth-order valence-electron chi connectivity index (χ4n) is 3.33. The van der Waals surface area contributed by atoms with E-state index in [0.29, 0.717) is 6.54 Å². The molecule has 0 aliphatic heterocycles. The Hall–Kier alpha value is -0.410. The average Bonchev–Trinajstić information content (AvgIpc) is 2.95. The van der Waals surface area contributed by atoms with Crippen LogP contribution < -0.4 is 10.6 Å². The van der Waals surface area contributed by atoms with E-state index in [2.05, 4.69) is 53.3 Å². The smallest absolute Gasteiger partial charge is 0.191 e. The third-order valence-corrected chi connectivity index (χ3v) is 6.03. The highest BCUT2D eigenvalue weighted by Gasteiger charge is 2.17. The predicted molar refractivity (Wildman–Crippen MR) is 124 cm³/mol. The Labute approximate surface area is 180 Å². The van der Waals surface area contributed by atoms with Crippen LogP contribution in [-0.2, 0) is 6.54 Å². The molecule has 0 amide bonds. The third kappa shape index (κ3) is 8.08. The largest absolute Gasteiger partial charge is 0.357 e. The molecule has 1 aliphatic rings. The molecule has 0 aromatic carbocycles. The predicted octanol–water partition coefficient (Wildman–Crippen LogP) is 4.09. The Kier molecular flexibility index (Phi) is 11.7.